The molecule has 3 aromatic rings. The molecule has 13 heteroatoms. The number of nitrogens with one attached hydrogen (secondary N) is 2. The summed E-state index contributed by atoms with van der Waals surface area (Å²) < 4.78 is 45.7. The lowest BCUT2D eigenvalue weighted by Crippen LogP contribution is -2.37. The monoisotopic (exact) mass is 565 g/mol. The Morgan fingerprint density at radius 3 is 2.51 bits per heavy atom. The van der Waals surface area contributed by atoms with E-state index in [4.69, 9.17) is 15.9 Å². The van der Waals surface area contributed by atoms with Gasteiger partial charge in [-0.2, -0.15) is 18.2 Å². The maximum absolute atomic E-state index is 13.5. The molecule has 1 atom stereocenters. The predicted octanol–water partition coefficient (Wildman–Crippen LogP) is 3.53. The Labute approximate surface area is 232 Å². The van der Waals surface area contributed by atoms with Crippen molar-refractivity contribution in [2.24, 2.45) is 15.7 Å². The Morgan fingerprint density at radius 1 is 1.12 bits per heavy atom. The Bertz CT molecular complexity index is 1520. The summed E-state index contributed by atoms with van der Waals surface area (Å²) in [7, 11) is 0. The molecule has 1 saturated heterocycles. The van der Waals surface area contributed by atoms with Crippen LogP contribution < -0.4 is 16.0 Å². The molecular weight excluding hydrogens is 539 g/mol. The van der Waals surface area contributed by atoms with Crippen LogP contribution in [0.25, 0.3) is 0 Å². The second kappa shape index (κ2) is 11.4. The summed E-state index contributed by atoms with van der Waals surface area (Å²) in [5, 5.41) is 21.0. The van der Waals surface area contributed by atoms with Gasteiger partial charge in [-0.15, -0.1) is 0 Å². The van der Waals surface area contributed by atoms with Gasteiger partial charge in [0.1, 0.15) is 5.69 Å². The quantitative estimate of drug-likeness (QED) is 0.281. The number of aliphatic imine (C=N–C) groups is 2. The Morgan fingerprint density at radius 2 is 1.80 bits per heavy atom. The van der Waals surface area contributed by atoms with E-state index >= 15 is 0 Å². The number of fused-ring (bicyclic) bond motifs is 1. The van der Waals surface area contributed by atoms with Crippen LogP contribution in [0.5, 0.6) is 0 Å². The number of benzene rings is 2. The normalized spacial score (nSPS) is 18.2. The van der Waals surface area contributed by atoms with Crippen molar-refractivity contribution >= 4 is 34.9 Å². The van der Waals surface area contributed by atoms with Crippen LogP contribution in [0, 0.1) is 5.41 Å². The lowest BCUT2D eigenvalue weighted by molar-refractivity contribution is -0.137. The van der Waals surface area contributed by atoms with E-state index in [0.717, 1.165) is 11.6 Å². The molecular formula is C28H26F3N7O3. The third kappa shape index (κ3) is 6.19. The molecule has 2 aliphatic rings. The first kappa shape index (κ1) is 27.8. The molecule has 3 heterocycles. The molecule has 212 valence electrons. The van der Waals surface area contributed by atoms with E-state index in [-0.39, 0.29) is 24.5 Å². The number of amides is 1. The van der Waals surface area contributed by atoms with Crippen molar-refractivity contribution in [2.75, 3.05) is 23.3 Å². The van der Waals surface area contributed by atoms with Crippen molar-refractivity contribution in [2.45, 2.75) is 31.3 Å². The van der Waals surface area contributed by atoms with E-state index in [1.54, 1.807) is 23.1 Å². The first-order valence-electron chi connectivity index (χ1n) is 12.7. The third-order valence-electron chi connectivity index (χ3n) is 6.64. The molecule has 0 aliphatic carbocycles. The summed E-state index contributed by atoms with van der Waals surface area (Å²) in [6.45, 7) is 0.515. The Balaban J connectivity index is 1.45. The van der Waals surface area contributed by atoms with Crippen LogP contribution in [0.4, 0.5) is 24.5 Å². The second-order valence-corrected chi connectivity index (χ2v) is 9.46. The number of pyridine rings is 1. The number of amidine groups is 1. The van der Waals surface area contributed by atoms with Gasteiger partial charge in [-0.25, -0.2) is 9.98 Å². The summed E-state index contributed by atoms with van der Waals surface area (Å²) in [6.07, 6.45) is -5.31. The van der Waals surface area contributed by atoms with Gasteiger partial charge in [-0.1, -0.05) is 48.5 Å². The van der Waals surface area contributed by atoms with Gasteiger partial charge in [-0.3, -0.25) is 10.2 Å². The van der Waals surface area contributed by atoms with Crippen LogP contribution >= 0.6 is 0 Å². The molecule has 0 saturated carbocycles. The highest BCUT2D eigenvalue weighted by Crippen LogP contribution is 2.33. The summed E-state index contributed by atoms with van der Waals surface area (Å²) in [5.41, 5.74) is 7.20. The van der Waals surface area contributed by atoms with Gasteiger partial charge in [0.2, 0.25) is 12.1 Å². The lowest BCUT2D eigenvalue weighted by Gasteiger charge is -2.32. The number of hydrogen-bond donors (Lipinski definition) is 4. The number of alkyl halides is 3. The molecule has 1 aromatic heterocycles. The number of aliphatic hydroxyl groups is 1. The van der Waals surface area contributed by atoms with Crippen molar-refractivity contribution in [3.8, 4) is 0 Å². The number of anilines is 2. The Kier molecular flexibility index (Phi) is 7.70. The number of nitrogens with two attached hydrogens (primary N) is 1. The van der Waals surface area contributed by atoms with Crippen molar-refractivity contribution in [1.29, 1.82) is 5.41 Å². The fourth-order valence-corrected chi connectivity index (χ4v) is 4.59. The molecule has 1 amide bonds. The molecule has 0 spiro atoms. The molecule has 0 bridgehead atoms. The number of carbonyl (C=O) groups is 1. The standard InChI is InChI=1S/C28H26F3N7O3/c29-28(30,31)17-14-21(38-12-10-18(39)11-13-38)23(34-15-17)24(32)41-27(33)37-25-26(40)35-20-9-5-4-8-19(20)22(36-25)16-6-2-1-3-7-16/h1-9,14-15,18,25,32,39H,10-13H2,(H2,33,37)(H,35,40)/t25-/m1/s1. The summed E-state index contributed by atoms with van der Waals surface area (Å²) in [4.78, 5) is 27.1. The van der Waals surface area contributed by atoms with E-state index in [2.05, 4.69) is 20.3 Å². The van der Waals surface area contributed by atoms with Crippen molar-refractivity contribution in [3.63, 3.8) is 0 Å². The topological polar surface area (TPSA) is 149 Å². The van der Waals surface area contributed by atoms with Gasteiger partial charge >= 0.3 is 6.18 Å². The van der Waals surface area contributed by atoms with Gasteiger partial charge < -0.3 is 25.8 Å². The van der Waals surface area contributed by atoms with E-state index in [0.29, 0.717) is 36.0 Å². The van der Waals surface area contributed by atoms with Crippen molar-refractivity contribution < 1.29 is 27.8 Å². The van der Waals surface area contributed by atoms with E-state index in [1.807, 2.05) is 36.4 Å². The van der Waals surface area contributed by atoms with Crippen LogP contribution in [0.1, 0.15) is 35.2 Å². The van der Waals surface area contributed by atoms with Crippen LogP contribution in [0.15, 0.2) is 76.8 Å². The zero-order valence-electron chi connectivity index (χ0n) is 21.6. The molecule has 2 aliphatic heterocycles. The minimum atomic E-state index is -4.65. The van der Waals surface area contributed by atoms with Crippen LogP contribution in [0.2, 0.25) is 0 Å². The summed E-state index contributed by atoms with van der Waals surface area (Å²) >= 11 is 0. The number of para-hydroxylation sites is 1. The van der Waals surface area contributed by atoms with Gasteiger partial charge in [0.25, 0.3) is 11.9 Å². The number of halogens is 3. The SMILES string of the molecule is N=C(O/C(N)=N/[C@H]1N=C(c2ccccc2)c2ccccc2NC1=O)c1ncc(C(F)(F)F)cc1N1CCC(O)CC1. The average Bonchev–Trinajstić information content (AvgIpc) is 3.09. The van der Waals surface area contributed by atoms with Gasteiger partial charge in [0.05, 0.1) is 28.8 Å². The highest BCUT2D eigenvalue weighted by molar-refractivity contribution is 6.19. The maximum atomic E-state index is 13.5. The summed E-state index contributed by atoms with van der Waals surface area (Å²) in [5.74, 6) is -1.26. The molecule has 41 heavy (non-hydrogen) atoms. The van der Waals surface area contributed by atoms with Crippen molar-refractivity contribution in [1.82, 2.24) is 4.98 Å². The number of benzodiazepines with no additional fused rings is 1. The molecule has 0 radical (unpaired) electrons. The van der Waals surface area contributed by atoms with Gasteiger partial charge in [-0.05, 0) is 25.0 Å². The number of nitrogens with zero attached hydrogens (tertiary/aromatic N) is 4. The van der Waals surface area contributed by atoms with E-state index in [1.165, 1.54) is 0 Å². The molecule has 5 rings (SSSR count). The highest BCUT2D eigenvalue weighted by atomic mass is 19.4. The molecule has 10 nitrogen and oxygen atoms in total. The van der Waals surface area contributed by atoms with E-state index in [9.17, 15) is 23.1 Å². The van der Waals surface area contributed by atoms with Gasteiger partial charge in [0, 0.05) is 30.4 Å². The number of hydrogen-bond acceptors (Lipinski definition) is 8. The predicted molar refractivity (Wildman–Crippen MR) is 147 cm³/mol. The number of piperidine rings is 1. The number of aromatic nitrogens is 1. The largest absolute Gasteiger partial charge is 0.417 e. The van der Waals surface area contributed by atoms with Gasteiger partial charge in [0.15, 0.2) is 0 Å². The first-order valence-corrected chi connectivity index (χ1v) is 12.7. The van der Waals surface area contributed by atoms with Crippen LogP contribution in [-0.4, -0.2) is 59.0 Å². The second-order valence-electron chi connectivity index (χ2n) is 9.46. The smallest absolute Gasteiger partial charge is 0.405 e. The lowest BCUT2D eigenvalue weighted by atomic mass is 10.0. The third-order valence-corrected chi connectivity index (χ3v) is 6.64. The van der Waals surface area contributed by atoms with Crippen LogP contribution in [0.3, 0.4) is 0 Å². The minimum absolute atomic E-state index is 0.0107. The zero-order valence-corrected chi connectivity index (χ0v) is 21.6. The molecule has 2 aromatic carbocycles. The Hall–Kier alpha value is -4.78. The maximum Gasteiger partial charge on any atom is 0.417 e. The first-order chi connectivity index (χ1) is 19.6. The number of aliphatic hydroxyl groups excluding tert-OH is 1. The summed E-state index contributed by atoms with van der Waals surface area (Å²) in [6, 6.07) is 16.6. The zero-order chi connectivity index (χ0) is 29.1. The van der Waals surface area contributed by atoms with Crippen molar-refractivity contribution in [3.05, 3.63) is 89.2 Å². The number of rotatable bonds is 4. The van der Waals surface area contributed by atoms with Crippen LogP contribution in [-0.2, 0) is 15.7 Å². The number of carbonyl (C=O) groups excluding carboxylic acids is 1. The highest BCUT2D eigenvalue weighted by Gasteiger charge is 2.34. The minimum Gasteiger partial charge on any atom is -0.405 e. The molecule has 5 N–H and O–H groups in total. The van der Waals surface area contributed by atoms with E-state index < -0.39 is 41.8 Å². The average molecular weight is 566 g/mol. The fraction of sp³-hybridized carbons (Fsp3) is 0.250. The number of ether oxygens (including phenoxy) is 1. The fourth-order valence-electron chi connectivity index (χ4n) is 4.59. The molecule has 1 fully saturated rings. The molecule has 0 unspecified atom stereocenters.